The Bertz CT molecular complexity index is 970. The van der Waals surface area contributed by atoms with E-state index in [9.17, 15) is 0 Å². The second-order valence-electron chi connectivity index (χ2n) is 7.94. The van der Waals surface area contributed by atoms with Crippen LogP contribution in [0.4, 0.5) is 0 Å². The first-order valence-electron chi connectivity index (χ1n) is 12.2. The van der Waals surface area contributed by atoms with Gasteiger partial charge in [-0.25, -0.2) is 0 Å². The molecule has 0 amide bonds. The number of thioether (sulfide) groups is 2. The summed E-state index contributed by atoms with van der Waals surface area (Å²) in [4.78, 5) is 0. The van der Waals surface area contributed by atoms with Crippen molar-refractivity contribution in [3.8, 4) is 11.5 Å². The summed E-state index contributed by atoms with van der Waals surface area (Å²) in [6.45, 7) is 8.17. The fraction of sp³-hybridized carbons (Fsp3) is 0.500. The van der Waals surface area contributed by atoms with Crippen LogP contribution in [0.5, 0.6) is 11.5 Å². The van der Waals surface area contributed by atoms with Crippen LogP contribution in [-0.2, 0) is 6.42 Å². The Morgan fingerprint density at radius 3 is 1.69 bits per heavy atom. The van der Waals surface area contributed by atoms with Crippen molar-refractivity contribution in [3.63, 3.8) is 0 Å². The van der Waals surface area contributed by atoms with Crippen molar-refractivity contribution in [3.05, 3.63) is 48.0 Å². The molecular weight excluding hydrogens is 432 g/mol. The number of benzene rings is 3. The lowest BCUT2D eigenvalue weighted by Crippen LogP contribution is -2.03. The van der Waals surface area contributed by atoms with E-state index in [1.807, 2.05) is 23.5 Å². The maximum Gasteiger partial charge on any atom is 0.135 e. The summed E-state index contributed by atoms with van der Waals surface area (Å²) >= 11 is 4.01. The van der Waals surface area contributed by atoms with E-state index in [1.165, 1.54) is 52.2 Å². The maximum atomic E-state index is 6.47. The summed E-state index contributed by atoms with van der Waals surface area (Å²) in [6, 6.07) is 15.3. The number of unbranched alkanes of at least 4 members (excludes halogenated alkanes) is 2. The van der Waals surface area contributed by atoms with Gasteiger partial charge in [0.15, 0.2) is 0 Å². The Kier molecular flexibility index (Phi) is 10.9. The Morgan fingerprint density at radius 1 is 0.625 bits per heavy atom. The van der Waals surface area contributed by atoms with Crippen LogP contribution >= 0.6 is 23.5 Å². The second-order valence-corrected chi connectivity index (χ2v) is 10.7. The van der Waals surface area contributed by atoms with E-state index in [4.69, 9.17) is 9.47 Å². The van der Waals surface area contributed by atoms with Crippen LogP contribution in [0.3, 0.4) is 0 Å². The molecule has 3 rings (SSSR count). The predicted octanol–water partition coefficient (Wildman–Crippen LogP) is 8.38. The van der Waals surface area contributed by atoms with Crippen molar-refractivity contribution in [2.24, 2.45) is 0 Å². The van der Waals surface area contributed by atoms with Crippen molar-refractivity contribution in [1.29, 1.82) is 0 Å². The minimum atomic E-state index is 0.758. The smallest absolute Gasteiger partial charge is 0.135 e. The third-order valence-corrected chi connectivity index (χ3v) is 7.64. The molecule has 0 aliphatic carbocycles. The van der Waals surface area contributed by atoms with E-state index < -0.39 is 0 Å². The average Bonchev–Trinajstić information content (AvgIpc) is 2.83. The number of fused-ring (bicyclic) bond motifs is 2. The van der Waals surface area contributed by atoms with Gasteiger partial charge in [0.2, 0.25) is 0 Å². The molecule has 32 heavy (non-hydrogen) atoms. The lowest BCUT2D eigenvalue weighted by molar-refractivity contribution is 0.312. The minimum Gasteiger partial charge on any atom is -0.492 e. The van der Waals surface area contributed by atoms with E-state index >= 15 is 0 Å². The molecule has 0 spiro atoms. The highest BCUT2D eigenvalue weighted by molar-refractivity contribution is 7.99. The molecule has 2 nitrogen and oxygen atoms in total. The Morgan fingerprint density at radius 2 is 1.16 bits per heavy atom. The zero-order chi connectivity index (χ0) is 22.6. The maximum absolute atomic E-state index is 6.47. The van der Waals surface area contributed by atoms with Gasteiger partial charge in [-0.2, -0.15) is 23.5 Å². The topological polar surface area (TPSA) is 18.5 Å². The SMILES string of the molecule is CCSCCCCOc1c2ccccc2c(OCCCCSCC)c2cc(CC)ccc12. The van der Waals surface area contributed by atoms with Gasteiger partial charge in [-0.1, -0.05) is 57.2 Å². The Labute approximate surface area is 202 Å². The van der Waals surface area contributed by atoms with Crippen LogP contribution in [0.15, 0.2) is 42.5 Å². The van der Waals surface area contributed by atoms with Crippen molar-refractivity contribution in [2.75, 3.05) is 36.2 Å². The summed E-state index contributed by atoms with van der Waals surface area (Å²) in [6.07, 6.45) is 5.59. The third-order valence-electron chi connectivity index (χ3n) is 5.66. The Hall–Kier alpha value is -1.52. The normalized spacial score (nSPS) is 11.3. The van der Waals surface area contributed by atoms with Crippen LogP contribution in [-0.4, -0.2) is 36.2 Å². The highest BCUT2D eigenvalue weighted by Gasteiger charge is 2.16. The fourth-order valence-corrected chi connectivity index (χ4v) is 5.32. The van der Waals surface area contributed by atoms with Crippen LogP contribution < -0.4 is 9.47 Å². The lowest BCUT2D eigenvalue weighted by atomic mass is 9.98. The number of hydrogen-bond donors (Lipinski definition) is 0. The Balaban J connectivity index is 1.89. The molecule has 3 aromatic carbocycles. The van der Waals surface area contributed by atoms with Gasteiger partial charge in [0.25, 0.3) is 0 Å². The van der Waals surface area contributed by atoms with Crippen LogP contribution in [0.25, 0.3) is 21.5 Å². The molecule has 3 aromatic rings. The van der Waals surface area contributed by atoms with Crippen LogP contribution in [0.1, 0.15) is 52.0 Å². The molecule has 0 aliphatic rings. The summed E-state index contributed by atoms with van der Waals surface area (Å²) in [7, 11) is 0. The van der Waals surface area contributed by atoms with Crippen LogP contribution in [0.2, 0.25) is 0 Å². The number of ether oxygens (including phenoxy) is 2. The van der Waals surface area contributed by atoms with Crippen molar-refractivity contribution >= 4 is 45.1 Å². The van der Waals surface area contributed by atoms with Crippen LogP contribution in [0, 0.1) is 0 Å². The third kappa shape index (κ3) is 6.74. The lowest BCUT2D eigenvalue weighted by Gasteiger charge is -2.18. The molecule has 0 aliphatic heterocycles. The zero-order valence-corrected chi connectivity index (χ0v) is 21.6. The van der Waals surface area contributed by atoms with Gasteiger partial charge in [0.1, 0.15) is 11.5 Å². The van der Waals surface area contributed by atoms with Crippen molar-refractivity contribution in [2.45, 2.75) is 52.9 Å². The van der Waals surface area contributed by atoms with Crippen molar-refractivity contribution in [1.82, 2.24) is 0 Å². The summed E-state index contributed by atoms with van der Waals surface area (Å²) in [5.41, 5.74) is 1.33. The van der Waals surface area contributed by atoms with E-state index in [2.05, 4.69) is 63.2 Å². The van der Waals surface area contributed by atoms with Gasteiger partial charge in [-0.15, -0.1) is 0 Å². The van der Waals surface area contributed by atoms with Gasteiger partial charge in [-0.05, 0) is 66.7 Å². The molecule has 0 aromatic heterocycles. The van der Waals surface area contributed by atoms with Gasteiger partial charge in [0.05, 0.1) is 13.2 Å². The summed E-state index contributed by atoms with van der Waals surface area (Å²) in [5.74, 6) is 6.83. The summed E-state index contributed by atoms with van der Waals surface area (Å²) < 4.78 is 12.9. The van der Waals surface area contributed by atoms with Crippen molar-refractivity contribution < 1.29 is 9.47 Å². The predicted molar refractivity (Wildman–Crippen MR) is 146 cm³/mol. The number of hydrogen-bond acceptors (Lipinski definition) is 4. The zero-order valence-electron chi connectivity index (χ0n) is 20.0. The van der Waals surface area contributed by atoms with E-state index in [0.717, 1.165) is 54.7 Å². The standard InChI is InChI=1S/C28H38O2S2/c1-4-22-15-16-25-26(21-22)28(30-18-10-12-20-32-6-3)24-14-8-7-13-23(24)27(25)29-17-9-11-19-31-5-2/h7-8,13-16,21H,4-6,9-12,17-20H2,1-3H3. The minimum absolute atomic E-state index is 0.758. The molecule has 174 valence electrons. The molecule has 0 fully saturated rings. The van der Waals surface area contributed by atoms with Gasteiger partial charge in [-0.3, -0.25) is 0 Å². The average molecular weight is 471 g/mol. The van der Waals surface area contributed by atoms with E-state index in [-0.39, 0.29) is 0 Å². The fourth-order valence-electron chi connectivity index (χ4n) is 3.93. The second kappa shape index (κ2) is 13.9. The molecule has 0 saturated carbocycles. The summed E-state index contributed by atoms with van der Waals surface area (Å²) in [5, 5.41) is 4.67. The van der Waals surface area contributed by atoms with Gasteiger partial charge in [0, 0.05) is 21.5 Å². The molecule has 4 heteroatoms. The van der Waals surface area contributed by atoms with Gasteiger partial charge >= 0.3 is 0 Å². The number of aryl methyl sites for hydroxylation is 1. The molecule has 0 bridgehead atoms. The largest absolute Gasteiger partial charge is 0.492 e. The quantitative estimate of drug-likeness (QED) is 0.164. The van der Waals surface area contributed by atoms with E-state index in [0.29, 0.717) is 0 Å². The highest BCUT2D eigenvalue weighted by Crippen LogP contribution is 2.43. The monoisotopic (exact) mass is 470 g/mol. The van der Waals surface area contributed by atoms with E-state index in [1.54, 1.807) is 0 Å². The highest BCUT2D eigenvalue weighted by atomic mass is 32.2. The molecule has 0 radical (unpaired) electrons. The molecule has 0 atom stereocenters. The molecule has 0 unspecified atom stereocenters. The molecular formula is C28H38O2S2. The van der Waals surface area contributed by atoms with Gasteiger partial charge < -0.3 is 9.47 Å². The first-order chi connectivity index (χ1) is 15.8. The first kappa shape index (κ1) is 25.1. The molecule has 0 N–H and O–H groups in total. The molecule has 0 saturated heterocycles. The molecule has 0 heterocycles. The number of rotatable bonds is 15. The first-order valence-corrected chi connectivity index (χ1v) is 14.5.